The molecule has 1 N–H and O–H groups in total. The number of hydrogen-bond acceptors (Lipinski definition) is 3. The van der Waals surface area contributed by atoms with Gasteiger partial charge in [0.25, 0.3) is 0 Å². The molecular weight excluding hydrogens is 437 g/mol. The number of fused-ring (bicyclic) bond motifs is 1. The molecule has 0 spiro atoms. The second-order valence-electron chi connectivity index (χ2n) is 4.98. The summed E-state index contributed by atoms with van der Waals surface area (Å²) >= 11 is 15.0. The zero-order valence-corrected chi connectivity index (χ0v) is 16.1. The van der Waals surface area contributed by atoms with Crippen molar-refractivity contribution < 1.29 is 4.74 Å². The standard InChI is InChI=1S/C15H14Br2ClNOS/c1-20-13-7-12(9(16)6-10(13)17)19-11-3-2-4-14-8(11)5-15(18)21-14/h5-7,11,19H,2-4H2,1H3. The Kier molecular flexibility index (Phi) is 4.84. The quantitative estimate of drug-likeness (QED) is 0.581. The lowest BCUT2D eigenvalue weighted by Crippen LogP contribution is -2.16. The Hall–Kier alpha value is -0.230. The first kappa shape index (κ1) is 15.7. The summed E-state index contributed by atoms with van der Waals surface area (Å²) in [5.41, 5.74) is 2.38. The molecule has 1 unspecified atom stereocenters. The largest absolute Gasteiger partial charge is 0.495 e. The van der Waals surface area contributed by atoms with Gasteiger partial charge in [-0.1, -0.05) is 11.6 Å². The number of halogens is 3. The molecule has 112 valence electrons. The molecule has 2 aromatic rings. The first-order chi connectivity index (χ1) is 10.1. The fourth-order valence-electron chi connectivity index (χ4n) is 2.66. The highest BCUT2D eigenvalue weighted by atomic mass is 79.9. The van der Waals surface area contributed by atoms with Gasteiger partial charge in [-0.3, -0.25) is 0 Å². The third kappa shape index (κ3) is 3.26. The number of thiophene rings is 1. The van der Waals surface area contributed by atoms with Gasteiger partial charge in [-0.05, 0) is 68.8 Å². The Labute approximate surface area is 150 Å². The van der Waals surface area contributed by atoms with E-state index in [2.05, 4.69) is 43.2 Å². The Morgan fingerprint density at radius 3 is 2.86 bits per heavy atom. The normalized spacial score (nSPS) is 17.4. The van der Waals surface area contributed by atoms with Crippen LogP contribution in [0.2, 0.25) is 4.34 Å². The van der Waals surface area contributed by atoms with Crippen LogP contribution in [0.4, 0.5) is 5.69 Å². The Morgan fingerprint density at radius 1 is 1.29 bits per heavy atom. The maximum Gasteiger partial charge on any atom is 0.135 e. The van der Waals surface area contributed by atoms with Gasteiger partial charge in [0.2, 0.25) is 0 Å². The minimum atomic E-state index is 0.305. The molecule has 0 radical (unpaired) electrons. The molecule has 1 aliphatic carbocycles. The highest BCUT2D eigenvalue weighted by molar-refractivity contribution is 9.11. The Morgan fingerprint density at radius 2 is 2.10 bits per heavy atom. The fourth-order valence-corrected chi connectivity index (χ4v) is 5.31. The van der Waals surface area contributed by atoms with E-state index in [1.54, 1.807) is 18.4 Å². The molecule has 0 aliphatic heterocycles. The van der Waals surface area contributed by atoms with Gasteiger partial charge >= 0.3 is 0 Å². The van der Waals surface area contributed by atoms with Gasteiger partial charge in [0, 0.05) is 15.4 Å². The molecule has 2 nitrogen and oxygen atoms in total. The van der Waals surface area contributed by atoms with Crippen molar-refractivity contribution in [3.05, 3.63) is 41.9 Å². The maximum absolute atomic E-state index is 6.17. The number of rotatable bonds is 3. The molecule has 0 saturated heterocycles. The molecular formula is C15H14Br2ClNOS. The maximum atomic E-state index is 6.17. The van der Waals surface area contributed by atoms with Crippen LogP contribution < -0.4 is 10.1 Å². The van der Waals surface area contributed by atoms with Crippen LogP contribution in [0.1, 0.15) is 29.3 Å². The van der Waals surface area contributed by atoms with Crippen LogP contribution >= 0.6 is 54.8 Å². The Balaban J connectivity index is 1.91. The van der Waals surface area contributed by atoms with Gasteiger partial charge in [-0.15, -0.1) is 11.3 Å². The van der Waals surface area contributed by atoms with Crippen molar-refractivity contribution in [2.45, 2.75) is 25.3 Å². The van der Waals surface area contributed by atoms with Crippen molar-refractivity contribution in [1.82, 2.24) is 0 Å². The predicted molar refractivity (Wildman–Crippen MR) is 97.0 cm³/mol. The summed E-state index contributed by atoms with van der Waals surface area (Å²) in [5.74, 6) is 0.820. The molecule has 1 aliphatic rings. The highest BCUT2D eigenvalue weighted by Gasteiger charge is 2.23. The SMILES string of the molecule is COc1cc(NC2CCCc3sc(Cl)cc32)c(Br)cc1Br. The minimum absolute atomic E-state index is 0.305. The van der Waals surface area contributed by atoms with Crippen LogP contribution in [-0.2, 0) is 6.42 Å². The topological polar surface area (TPSA) is 21.3 Å². The smallest absolute Gasteiger partial charge is 0.135 e. The summed E-state index contributed by atoms with van der Waals surface area (Å²) in [6, 6.07) is 6.42. The number of nitrogens with one attached hydrogen (secondary N) is 1. The lowest BCUT2D eigenvalue weighted by Gasteiger charge is -2.25. The number of hydrogen-bond donors (Lipinski definition) is 1. The first-order valence-corrected chi connectivity index (χ1v) is 9.44. The predicted octanol–water partition coefficient (Wildman–Crippen LogP) is 6.42. The van der Waals surface area contributed by atoms with Crippen LogP contribution in [0.3, 0.4) is 0 Å². The van der Waals surface area contributed by atoms with Crippen LogP contribution in [0.25, 0.3) is 0 Å². The zero-order valence-electron chi connectivity index (χ0n) is 11.4. The molecule has 1 aromatic carbocycles. The Bertz CT molecular complexity index is 674. The third-order valence-corrected chi connectivity index (χ3v) is 6.27. The molecule has 1 atom stereocenters. The second-order valence-corrected chi connectivity index (χ2v) is 8.46. The summed E-state index contributed by atoms with van der Waals surface area (Å²) in [5, 5.41) is 3.62. The van der Waals surface area contributed by atoms with Crippen LogP contribution in [0, 0.1) is 0 Å². The molecule has 3 rings (SSSR count). The number of aryl methyl sites for hydroxylation is 1. The lowest BCUT2D eigenvalue weighted by atomic mass is 9.94. The van der Waals surface area contributed by atoms with Crippen LogP contribution in [0.15, 0.2) is 27.1 Å². The highest BCUT2D eigenvalue weighted by Crippen LogP contribution is 2.42. The van der Waals surface area contributed by atoms with Gasteiger partial charge in [-0.2, -0.15) is 0 Å². The van der Waals surface area contributed by atoms with E-state index in [1.165, 1.54) is 16.9 Å². The molecule has 0 bridgehead atoms. The van der Waals surface area contributed by atoms with Crippen molar-refractivity contribution in [3.8, 4) is 5.75 Å². The van der Waals surface area contributed by atoms with E-state index in [0.717, 1.165) is 37.6 Å². The minimum Gasteiger partial charge on any atom is -0.495 e. The monoisotopic (exact) mass is 449 g/mol. The summed E-state index contributed by atoms with van der Waals surface area (Å²) in [4.78, 5) is 1.41. The van der Waals surface area contributed by atoms with E-state index < -0.39 is 0 Å². The van der Waals surface area contributed by atoms with E-state index in [4.69, 9.17) is 16.3 Å². The summed E-state index contributed by atoms with van der Waals surface area (Å²) in [6.45, 7) is 0. The van der Waals surface area contributed by atoms with Crippen molar-refractivity contribution in [1.29, 1.82) is 0 Å². The van der Waals surface area contributed by atoms with Crippen molar-refractivity contribution >= 4 is 60.5 Å². The molecule has 1 aromatic heterocycles. The molecule has 0 saturated carbocycles. The molecule has 0 amide bonds. The number of anilines is 1. The molecule has 6 heteroatoms. The number of benzene rings is 1. The molecule has 1 heterocycles. The average molecular weight is 452 g/mol. The van der Waals surface area contributed by atoms with Gasteiger partial charge in [0.1, 0.15) is 5.75 Å². The van der Waals surface area contributed by atoms with E-state index in [9.17, 15) is 0 Å². The van der Waals surface area contributed by atoms with Crippen molar-refractivity contribution in [3.63, 3.8) is 0 Å². The lowest BCUT2D eigenvalue weighted by molar-refractivity contribution is 0.412. The second kappa shape index (κ2) is 6.49. The molecule has 21 heavy (non-hydrogen) atoms. The van der Waals surface area contributed by atoms with E-state index in [1.807, 2.05) is 12.1 Å². The van der Waals surface area contributed by atoms with Gasteiger partial charge in [-0.25, -0.2) is 0 Å². The fraction of sp³-hybridized carbons (Fsp3) is 0.333. The first-order valence-electron chi connectivity index (χ1n) is 6.66. The van der Waals surface area contributed by atoms with Crippen molar-refractivity contribution in [2.24, 2.45) is 0 Å². The van der Waals surface area contributed by atoms with Gasteiger partial charge in [0.15, 0.2) is 0 Å². The number of methoxy groups -OCH3 is 1. The summed E-state index contributed by atoms with van der Waals surface area (Å²) in [7, 11) is 1.68. The van der Waals surface area contributed by atoms with E-state index in [0.29, 0.717) is 6.04 Å². The third-order valence-electron chi connectivity index (χ3n) is 3.65. The molecule has 0 fully saturated rings. The number of ether oxygens (including phenoxy) is 1. The average Bonchev–Trinajstić information content (AvgIpc) is 2.83. The van der Waals surface area contributed by atoms with Crippen molar-refractivity contribution in [2.75, 3.05) is 12.4 Å². The summed E-state index contributed by atoms with van der Waals surface area (Å²) < 4.78 is 8.21. The van der Waals surface area contributed by atoms with Gasteiger partial charge < -0.3 is 10.1 Å². The zero-order chi connectivity index (χ0) is 15.0. The van der Waals surface area contributed by atoms with E-state index >= 15 is 0 Å². The van der Waals surface area contributed by atoms with Crippen LogP contribution in [0.5, 0.6) is 5.75 Å². The van der Waals surface area contributed by atoms with Crippen LogP contribution in [-0.4, -0.2) is 7.11 Å². The van der Waals surface area contributed by atoms with E-state index in [-0.39, 0.29) is 0 Å². The summed E-state index contributed by atoms with van der Waals surface area (Å²) in [6.07, 6.45) is 3.44. The van der Waals surface area contributed by atoms with Gasteiger partial charge in [0.05, 0.1) is 27.6 Å².